The molecule has 0 spiro atoms. The average Bonchev–Trinajstić information content (AvgIpc) is 2.43. The van der Waals surface area contributed by atoms with Crippen molar-refractivity contribution in [3.05, 3.63) is 69.3 Å². The van der Waals surface area contributed by atoms with Gasteiger partial charge in [-0.1, -0.05) is 6.58 Å². The highest BCUT2D eigenvalue weighted by molar-refractivity contribution is 9.10. The summed E-state index contributed by atoms with van der Waals surface area (Å²) in [5.41, 5.74) is 1.01. The van der Waals surface area contributed by atoms with Crippen LogP contribution >= 0.6 is 15.9 Å². The molecule has 5 heteroatoms. The van der Waals surface area contributed by atoms with Crippen LogP contribution in [0.2, 0.25) is 0 Å². The molecule has 1 aromatic carbocycles. The minimum atomic E-state index is -0.217. The Hall–Kier alpha value is -2.27. The Balaban J connectivity index is 2.85. The van der Waals surface area contributed by atoms with E-state index < -0.39 is 0 Å². The molecule has 0 aliphatic carbocycles. The van der Waals surface area contributed by atoms with Gasteiger partial charge in [0.1, 0.15) is 5.75 Å². The van der Waals surface area contributed by atoms with Crippen molar-refractivity contribution in [3.8, 4) is 5.75 Å². The maximum absolute atomic E-state index is 12.7. The predicted molar refractivity (Wildman–Crippen MR) is 93.2 cm³/mol. The number of halogens is 1. The standard InChI is InChI=1S/C17H16BrNO3/c1-4-12(6-5-11(3)20)19-9-15(18)14-8-13(21)7-10(2)16(14)17(19)22/h4-9,20-21H,1H2,2-3H3/b11-5+,12-6+. The van der Waals surface area contributed by atoms with Crippen LogP contribution in [-0.4, -0.2) is 14.8 Å². The van der Waals surface area contributed by atoms with Gasteiger partial charge in [0.05, 0.1) is 11.1 Å². The number of phenols is 1. The summed E-state index contributed by atoms with van der Waals surface area (Å²) in [5.74, 6) is 0.245. The van der Waals surface area contributed by atoms with Crippen LogP contribution in [0.1, 0.15) is 12.5 Å². The molecule has 0 aliphatic heterocycles. The van der Waals surface area contributed by atoms with Crippen molar-refractivity contribution in [2.24, 2.45) is 0 Å². The lowest BCUT2D eigenvalue weighted by Gasteiger charge is -2.11. The van der Waals surface area contributed by atoms with Crippen LogP contribution in [0.4, 0.5) is 0 Å². The summed E-state index contributed by atoms with van der Waals surface area (Å²) in [4.78, 5) is 12.7. The second-order valence-corrected chi connectivity index (χ2v) is 5.80. The largest absolute Gasteiger partial charge is 0.513 e. The lowest BCUT2D eigenvalue weighted by atomic mass is 10.1. The van der Waals surface area contributed by atoms with Crippen molar-refractivity contribution in [1.29, 1.82) is 0 Å². The second-order valence-electron chi connectivity index (χ2n) is 4.94. The topological polar surface area (TPSA) is 62.5 Å². The van der Waals surface area contributed by atoms with Crippen LogP contribution in [0.15, 0.2) is 58.2 Å². The number of aromatic hydroxyl groups is 1. The van der Waals surface area contributed by atoms with Crippen LogP contribution in [0.5, 0.6) is 5.75 Å². The van der Waals surface area contributed by atoms with Crippen LogP contribution in [0, 0.1) is 6.92 Å². The second kappa shape index (κ2) is 6.23. The number of rotatable bonds is 3. The zero-order chi connectivity index (χ0) is 16.4. The van der Waals surface area contributed by atoms with Crippen LogP contribution in [0.3, 0.4) is 0 Å². The molecule has 1 aromatic heterocycles. The molecule has 0 fully saturated rings. The molecule has 0 amide bonds. The number of hydrogen-bond acceptors (Lipinski definition) is 3. The Kier molecular flexibility index (Phi) is 4.56. The van der Waals surface area contributed by atoms with Gasteiger partial charge in [0.15, 0.2) is 0 Å². The zero-order valence-electron chi connectivity index (χ0n) is 12.3. The van der Waals surface area contributed by atoms with E-state index in [1.54, 1.807) is 38.3 Å². The normalized spacial score (nSPS) is 12.7. The van der Waals surface area contributed by atoms with Gasteiger partial charge in [0.2, 0.25) is 0 Å². The summed E-state index contributed by atoms with van der Waals surface area (Å²) in [6.07, 6.45) is 6.26. The number of aromatic nitrogens is 1. The summed E-state index contributed by atoms with van der Waals surface area (Å²) in [5, 5.41) is 20.1. The molecule has 1 heterocycles. The van der Waals surface area contributed by atoms with Crippen molar-refractivity contribution >= 4 is 32.4 Å². The van der Waals surface area contributed by atoms with E-state index in [0.717, 1.165) is 0 Å². The molecule has 22 heavy (non-hydrogen) atoms. The number of aliphatic hydroxyl groups is 1. The van der Waals surface area contributed by atoms with E-state index in [-0.39, 0.29) is 17.1 Å². The van der Waals surface area contributed by atoms with E-state index in [1.165, 1.54) is 16.7 Å². The van der Waals surface area contributed by atoms with Crippen molar-refractivity contribution in [2.45, 2.75) is 13.8 Å². The number of hydrogen-bond donors (Lipinski definition) is 2. The van der Waals surface area contributed by atoms with E-state index in [4.69, 9.17) is 0 Å². The Labute approximate surface area is 136 Å². The van der Waals surface area contributed by atoms with E-state index in [0.29, 0.717) is 26.5 Å². The number of aliphatic hydroxyl groups excluding tert-OH is 1. The summed E-state index contributed by atoms with van der Waals surface area (Å²) in [6.45, 7) is 7.03. The van der Waals surface area contributed by atoms with Gasteiger partial charge in [-0.2, -0.15) is 0 Å². The number of aryl methyl sites for hydroxylation is 1. The molecule has 114 valence electrons. The zero-order valence-corrected chi connectivity index (χ0v) is 13.9. The first kappa shape index (κ1) is 16.1. The molecule has 2 aromatic rings. The lowest BCUT2D eigenvalue weighted by molar-refractivity contribution is 0.414. The highest BCUT2D eigenvalue weighted by Gasteiger charge is 2.12. The van der Waals surface area contributed by atoms with E-state index in [9.17, 15) is 15.0 Å². The molecule has 0 bridgehead atoms. The summed E-state index contributed by atoms with van der Waals surface area (Å²) in [6, 6.07) is 3.10. The third-order valence-electron chi connectivity index (χ3n) is 3.24. The minimum Gasteiger partial charge on any atom is -0.513 e. The maximum atomic E-state index is 12.7. The van der Waals surface area contributed by atoms with Crippen LogP contribution < -0.4 is 5.56 Å². The van der Waals surface area contributed by atoms with Gasteiger partial charge in [0.25, 0.3) is 5.56 Å². The lowest BCUT2D eigenvalue weighted by Crippen LogP contribution is -2.19. The van der Waals surface area contributed by atoms with Crippen LogP contribution in [-0.2, 0) is 0 Å². The fourth-order valence-electron chi connectivity index (χ4n) is 2.25. The molecule has 0 atom stereocenters. The molecule has 0 saturated heterocycles. The van der Waals surface area contributed by atoms with Gasteiger partial charge in [-0.3, -0.25) is 9.36 Å². The Morgan fingerprint density at radius 1 is 1.36 bits per heavy atom. The first-order valence-corrected chi connectivity index (χ1v) is 7.39. The Bertz CT molecular complexity index is 872. The van der Waals surface area contributed by atoms with Crippen molar-refractivity contribution in [2.75, 3.05) is 0 Å². The fraction of sp³-hybridized carbons (Fsp3) is 0.118. The number of fused-ring (bicyclic) bond motifs is 1. The van der Waals surface area contributed by atoms with Gasteiger partial charge in [-0.05, 0) is 65.7 Å². The summed E-state index contributed by atoms with van der Waals surface area (Å²) < 4.78 is 2.13. The molecule has 4 nitrogen and oxygen atoms in total. The van der Waals surface area contributed by atoms with Gasteiger partial charge in [-0.25, -0.2) is 0 Å². The highest BCUT2D eigenvalue weighted by atomic mass is 79.9. The summed E-state index contributed by atoms with van der Waals surface area (Å²) in [7, 11) is 0. The third kappa shape index (κ3) is 2.99. The van der Waals surface area contributed by atoms with Gasteiger partial charge in [-0.15, -0.1) is 0 Å². The molecular weight excluding hydrogens is 346 g/mol. The van der Waals surface area contributed by atoms with Gasteiger partial charge >= 0.3 is 0 Å². The van der Waals surface area contributed by atoms with Crippen molar-refractivity contribution < 1.29 is 10.2 Å². The smallest absolute Gasteiger partial charge is 0.263 e. The fourth-order valence-corrected chi connectivity index (χ4v) is 2.76. The quantitative estimate of drug-likeness (QED) is 0.633. The maximum Gasteiger partial charge on any atom is 0.263 e. The Morgan fingerprint density at radius 2 is 2.05 bits per heavy atom. The van der Waals surface area contributed by atoms with Crippen LogP contribution in [0.25, 0.3) is 16.5 Å². The van der Waals surface area contributed by atoms with Crippen molar-refractivity contribution in [1.82, 2.24) is 4.57 Å². The van der Waals surface area contributed by atoms with E-state index in [1.807, 2.05) is 0 Å². The molecule has 0 aliphatic rings. The average molecular weight is 362 g/mol. The minimum absolute atomic E-state index is 0.112. The highest BCUT2D eigenvalue weighted by Crippen LogP contribution is 2.28. The molecule has 0 saturated carbocycles. The third-order valence-corrected chi connectivity index (χ3v) is 3.87. The first-order valence-electron chi connectivity index (χ1n) is 6.60. The summed E-state index contributed by atoms with van der Waals surface area (Å²) >= 11 is 3.43. The molecule has 0 radical (unpaired) electrons. The SMILES string of the molecule is C=C/C(=C\C=C(/C)O)n1cc(Br)c2cc(O)cc(C)c2c1=O. The number of allylic oxidation sites excluding steroid dienone is 5. The Morgan fingerprint density at radius 3 is 2.64 bits per heavy atom. The number of pyridine rings is 1. The number of nitrogens with zero attached hydrogens (tertiary/aromatic N) is 1. The molecule has 0 unspecified atom stereocenters. The van der Waals surface area contributed by atoms with E-state index >= 15 is 0 Å². The van der Waals surface area contributed by atoms with Gasteiger partial charge in [0, 0.05) is 21.8 Å². The molecule has 2 rings (SSSR count). The predicted octanol–water partition coefficient (Wildman–Crippen LogP) is 4.27. The first-order chi connectivity index (χ1) is 10.3. The monoisotopic (exact) mass is 361 g/mol. The molecular formula is C17H16BrNO3. The molecule has 2 N–H and O–H groups in total. The van der Waals surface area contributed by atoms with E-state index in [2.05, 4.69) is 22.5 Å². The number of benzene rings is 1. The number of phenolic OH excluding ortho intramolecular Hbond substituents is 1. The van der Waals surface area contributed by atoms with Crippen molar-refractivity contribution in [3.63, 3.8) is 0 Å². The van der Waals surface area contributed by atoms with Gasteiger partial charge < -0.3 is 10.2 Å².